The first-order chi connectivity index (χ1) is 6.58. The molecule has 0 aliphatic rings. The van der Waals surface area contributed by atoms with E-state index in [4.69, 9.17) is 5.11 Å². The van der Waals surface area contributed by atoms with Crippen LogP contribution < -0.4 is 0 Å². The molecule has 1 rings (SSSR count). The first-order valence-corrected chi connectivity index (χ1v) is 4.52. The predicted molar refractivity (Wildman–Crippen MR) is 54.3 cm³/mol. The van der Waals surface area contributed by atoms with Crippen LogP contribution in [0.3, 0.4) is 0 Å². The summed E-state index contributed by atoms with van der Waals surface area (Å²) in [5, 5.41) is 8.96. The number of aryl methyl sites for hydroxylation is 1. The van der Waals surface area contributed by atoms with Crippen molar-refractivity contribution in [2.75, 3.05) is 0 Å². The Morgan fingerprint density at radius 2 is 2.14 bits per heavy atom. The van der Waals surface area contributed by atoms with Crippen molar-refractivity contribution in [2.45, 2.75) is 26.4 Å². The summed E-state index contributed by atoms with van der Waals surface area (Å²) in [4.78, 5) is 0. The molecule has 1 N–H and O–H groups in total. The molecule has 0 amide bonds. The largest absolute Gasteiger partial charge is 0.392 e. The van der Waals surface area contributed by atoms with E-state index in [1.807, 2.05) is 13.0 Å². The van der Waals surface area contributed by atoms with Gasteiger partial charge in [0, 0.05) is 12.0 Å². The number of hydrogen-bond donors (Lipinski definition) is 1. The Morgan fingerprint density at radius 3 is 2.71 bits per heavy atom. The zero-order valence-electron chi connectivity index (χ0n) is 8.34. The molecule has 0 heterocycles. The van der Waals surface area contributed by atoms with Crippen LogP contribution in [0.1, 0.15) is 24.5 Å². The van der Waals surface area contributed by atoms with Crippen molar-refractivity contribution in [1.82, 2.24) is 0 Å². The molecule has 0 bridgehead atoms. The van der Waals surface area contributed by atoms with Gasteiger partial charge in [-0.3, -0.25) is 0 Å². The molecule has 0 saturated carbocycles. The molecule has 0 aromatic heterocycles. The van der Waals surface area contributed by atoms with E-state index in [0.717, 1.165) is 5.56 Å². The van der Waals surface area contributed by atoms with E-state index in [2.05, 4.69) is 11.8 Å². The van der Waals surface area contributed by atoms with Crippen molar-refractivity contribution in [3.8, 4) is 11.8 Å². The number of aliphatic hydroxyl groups excluding tert-OH is 1. The summed E-state index contributed by atoms with van der Waals surface area (Å²) in [6.07, 6.45) is -0.0209. The summed E-state index contributed by atoms with van der Waals surface area (Å²) in [5.41, 5.74) is 1.51. The average Bonchev–Trinajstić information content (AvgIpc) is 2.01. The van der Waals surface area contributed by atoms with Gasteiger partial charge in [0.1, 0.15) is 5.82 Å². The maximum Gasteiger partial charge on any atom is 0.124 e. The fraction of sp³-hybridized carbons (Fsp3) is 0.333. The predicted octanol–water partition coefficient (Wildman–Crippen LogP) is 2.26. The molecule has 0 spiro atoms. The molecule has 1 unspecified atom stereocenters. The molecule has 1 atom stereocenters. The summed E-state index contributed by atoms with van der Waals surface area (Å²) in [6, 6.07) is 4.67. The van der Waals surface area contributed by atoms with Gasteiger partial charge in [-0.05, 0) is 37.6 Å². The molecule has 14 heavy (non-hydrogen) atoms. The van der Waals surface area contributed by atoms with Crippen LogP contribution >= 0.6 is 0 Å². The normalized spacial score (nSPS) is 11.7. The third-order valence-corrected chi connectivity index (χ3v) is 1.67. The van der Waals surface area contributed by atoms with Gasteiger partial charge >= 0.3 is 0 Å². The van der Waals surface area contributed by atoms with Crippen LogP contribution in [0.5, 0.6) is 0 Å². The SMILES string of the molecule is Cc1cc(F)cc(C#CCC(C)O)c1. The second-order valence-corrected chi connectivity index (χ2v) is 3.37. The van der Waals surface area contributed by atoms with Crippen LogP contribution in [0.4, 0.5) is 4.39 Å². The van der Waals surface area contributed by atoms with Crippen LogP contribution in [0, 0.1) is 24.6 Å². The van der Waals surface area contributed by atoms with Crippen LogP contribution in [-0.4, -0.2) is 11.2 Å². The van der Waals surface area contributed by atoms with E-state index >= 15 is 0 Å². The monoisotopic (exact) mass is 192 g/mol. The molecule has 2 heteroatoms. The molecular formula is C12H13FO. The van der Waals surface area contributed by atoms with Gasteiger partial charge in [-0.2, -0.15) is 0 Å². The number of rotatable bonds is 1. The number of aliphatic hydroxyl groups is 1. The van der Waals surface area contributed by atoms with E-state index < -0.39 is 6.10 Å². The molecule has 0 aliphatic carbocycles. The van der Waals surface area contributed by atoms with Gasteiger partial charge in [-0.15, -0.1) is 0 Å². The van der Waals surface area contributed by atoms with E-state index in [1.54, 1.807) is 6.92 Å². The van der Waals surface area contributed by atoms with Crippen molar-refractivity contribution in [3.05, 3.63) is 35.1 Å². The molecule has 1 aromatic carbocycles. The maximum absolute atomic E-state index is 12.9. The second-order valence-electron chi connectivity index (χ2n) is 3.37. The summed E-state index contributed by atoms with van der Waals surface area (Å²) in [7, 11) is 0. The van der Waals surface area contributed by atoms with Crippen LogP contribution in [0.15, 0.2) is 18.2 Å². The van der Waals surface area contributed by atoms with Crippen molar-refractivity contribution < 1.29 is 9.50 Å². The Labute approximate surface area is 83.6 Å². The molecule has 0 radical (unpaired) electrons. The van der Waals surface area contributed by atoms with Gasteiger partial charge < -0.3 is 5.11 Å². The Balaban J connectivity index is 2.79. The first kappa shape index (κ1) is 10.7. The maximum atomic E-state index is 12.9. The molecule has 74 valence electrons. The first-order valence-electron chi connectivity index (χ1n) is 4.52. The summed E-state index contributed by atoms with van der Waals surface area (Å²) < 4.78 is 12.9. The van der Waals surface area contributed by atoms with Crippen LogP contribution in [-0.2, 0) is 0 Å². The van der Waals surface area contributed by atoms with Gasteiger partial charge in [0.2, 0.25) is 0 Å². The zero-order chi connectivity index (χ0) is 10.6. The van der Waals surface area contributed by atoms with Crippen molar-refractivity contribution in [3.63, 3.8) is 0 Å². The van der Waals surface area contributed by atoms with E-state index in [9.17, 15) is 4.39 Å². The third-order valence-electron chi connectivity index (χ3n) is 1.67. The van der Waals surface area contributed by atoms with Gasteiger partial charge in [-0.1, -0.05) is 11.8 Å². The lowest BCUT2D eigenvalue weighted by atomic mass is 10.1. The fourth-order valence-electron chi connectivity index (χ4n) is 1.11. The Morgan fingerprint density at radius 1 is 1.43 bits per heavy atom. The lowest BCUT2D eigenvalue weighted by Crippen LogP contribution is -1.95. The highest BCUT2D eigenvalue weighted by atomic mass is 19.1. The molecule has 0 aliphatic heterocycles. The minimum atomic E-state index is -0.433. The number of hydrogen-bond acceptors (Lipinski definition) is 1. The third kappa shape index (κ3) is 3.59. The molecule has 0 saturated heterocycles. The van der Waals surface area contributed by atoms with Crippen molar-refractivity contribution >= 4 is 0 Å². The second kappa shape index (κ2) is 4.78. The van der Waals surface area contributed by atoms with Crippen molar-refractivity contribution in [1.29, 1.82) is 0 Å². The Bertz CT molecular complexity index is 351. The minimum absolute atomic E-state index is 0.272. The number of halogens is 1. The summed E-state index contributed by atoms with van der Waals surface area (Å²) >= 11 is 0. The lowest BCUT2D eigenvalue weighted by Gasteiger charge is -1.96. The molecule has 0 fully saturated rings. The quantitative estimate of drug-likeness (QED) is 0.677. The van der Waals surface area contributed by atoms with Gasteiger partial charge in [0.15, 0.2) is 0 Å². The highest BCUT2D eigenvalue weighted by Gasteiger charge is 1.94. The molecular weight excluding hydrogens is 179 g/mol. The smallest absolute Gasteiger partial charge is 0.124 e. The van der Waals surface area contributed by atoms with Crippen LogP contribution in [0.25, 0.3) is 0 Å². The van der Waals surface area contributed by atoms with Crippen molar-refractivity contribution in [2.24, 2.45) is 0 Å². The van der Waals surface area contributed by atoms with Crippen LogP contribution in [0.2, 0.25) is 0 Å². The topological polar surface area (TPSA) is 20.2 Å². The fourth-order valence-corrected chi connectivity index (χ4v) is 1.11. The average molecular weight is 192 g/mol. The molecule has 1 aromatic rings. The van der Waals surface area contributed by atoms with E-state index in [0.29, 0.717) is 12.0 Å². The standard InChI is InChI=1S/C12H13FO/c1-9-6-11(8-12(13)7-9)5-3-4-10(2)14/h6-8,10,14H,4H2,1-2H3. The lowest BCUT2D eigenvalue weighted by molar-refractivity contribution is 0.201. The highest BCUT2D eigenvalue weighted by Crippen LogP contribution is 2.06. The van der Waals surface area contributed by atoms with Gasteiger partial charge in [0.25, 0.3) is 0 Å². The summed E-state index contributed by atoms with van der Waals surface area (Å²) in [6.45, 7) is 3.49. The summed E-state index contributed by atoms with van der Waals surface area (Å²) in [5.74, 6) is 5.32. The molecule has 1 nitrogen and oxygen atoms in total. The van der Waals surface area contributed by atoms with Gasteiger partial charge in [-0.25, -0.2) is 4.39 Å². The van der Waals surface area contributed by atoms with Gasteiger partial charge in [0.05, 0.1) is 6.10 Å². The van der Waals surface area contributed by atoms with E-state index in [-0.39, 0.29) is 5.82 Å². The van der Waals surface area contributed by atoms with E-state index in [1.165, 1.54) is 12.1 Å². The minimum Gasteiger partial charge on any atom is -0.392 e. The number of benzene rings is 1. The Hall–Kier alpha value is -1.33. The highest BCUT2D eigenvalue weighted by molar-refractivity contribution is 5.37. The Kier molecular flexibility index (Phi) is 3.67. The zero-order valence-corrected chi connectivity index (χ0v) is 8.34.